The van der Waals surface area contributed by atoms with Crippen molar-refractivity contribution in [3.05, 3.63) is 30.1 Å². The molecule has 1 aliphatic carbocycles. The van der Waals surface area contributed by atoms with E-state index in [9.17, 15) is 0 Å². The quantitative estimate of drug-likeness (QED) is 0.840. The molecule has 0 saturated heterocycles. The lowest BCUT2D eigenvalue weighted by Crippen LogP contribution is -2.38. The maximum atomic E-state index is 4.45. The highest BCUT2D eigenvalue weighted by Gasteiger charge is 2.32. The second kappa shape index (κ2) is 6.71. The molecule has 0 amide bonds. The molecule has 112 valence electrons. The molecule has 1 fully saturated rings. The molecule has 2 rings (SSSR count). The monoisotopic (exact) mass is 274 g/mol. The van der Waals surface area contributed by atoms with Crippen molar-refractivity contribution in [1.29, 1.82) is 0 Å². The van der Waals surface area contributed by atoms with Crippen molar-refractivity contribution in [2.24, 2.45) is 11.3 Å². The van der Waals surface area contributed by atoms with Gasteiger partial charge >= 0.3 is 0 Å². The van der Waals surface area contributed by atoms with E-state index in [0.29, 0.717) is 17.5 Å². The van der Waals surface area contributed by atoms with Gasteiger partial charge in [0.05, 0.1) is 5.69 Å². The summed E-state index contributed by atoms with van der Waals surface area (Å²) >= 11 is 0. The molecule has 1 aliphatic rings. The molecule has 2 heteroatoms. The highest BCUT2D eigenvalue weighted by Crippen LogP contribution is 2.40. The smallest absolute Gasteiger partial charge is 0.0570 e. The van der Waals surface area contributed by atoms with Crippen molar-refractivity contribution in [1.82, 2.24) is 10.3 Å². The van der Waals surface area contributed by atoms with Crippen LogP contribution in [-0.4, -0.2) is 11.0 Å². The zero-order chi connectivity index (χ0) is 14.6. The van der Waals surface area contributed by atoms with Crippen LogP contribution in [0.5, 0.6) is 0 Å². The average Bonchev–Trinajstić information content (AvgIpc) is 2.48. The summed E-state index contributed by atoms with van der Waals surface area (Å²) < 4.78 is 0. The molecule has 1 aromatic rings. The van der Waals surface area contributed by atoms with Crippen molar-refractivity contribution >= 4 is 0 Å². The molecular formula is C18H30N2. The van der Waals surface area contributed by atoms with E-state index in [1.807, 2.05) is 12.3 Å². The lowest BCUT2D eigenvalue weighted by Gasteiger charge is -2.39. The van der Waals surface area contributed by atoms with Gasteiger partial charge in [-0.25, -0.2) is 0 Å². The van der Waals surface area contributed by atoms with Gasteiger partial charge in [0.25, 0.3) is 0 Å². The fraction of sp³-hybridized carbons (Fsp3) is 0.722. The van der Waals surface area contributed by atoms with Gasteiger partial charge in [-0.15, -0.1) is 0 Å². The van der Waals surface area contributed by atoms with E-state index in [1.165, 1.54) is 32.1 Å². The van der Waals surface area contributed by atoms with Crippen molar-refractivity contribution in [2.75, 3.05) is 0 Å². The van der Waals surface area contributed by atoms with E-state index in [4.69, 9.17) is 0 Å². The van der Waals surface area contributed by atoms with E-state index in [2.05, 4.69) is 50.1 Å². The fourth-order valence-electron chi connectivity index (χ4n) is 3.40. The van der Waals surface area contributed by atoms with E-state index < -0.39 is 0 Å². The molecular weight excluding hydrogens is 244 g/mol. The standard InChI is InChI=1S/C18H30N2/c1-5-18(3,4)15-9-11-16(12-10-15)20-14(2)17-8-6-7-13-19-17/h6-8,13-16,20H,5,9-12H2,1-4H3/t14-,15?,16?/m1/s1. The van der Waals surface area contributed by atoms with Crippen LogP contribution in [0.2, 0.25) is 0 Å². The summed E-state index contributed by atoms with van der Waals surface area (Å²) in [5.41, 5.74) is 1.67. The molecule has 0 unspecified atom stereocenters. The molecule has 2 nitrogen and oxygen atoms in total. The first-order valence-corrected chi connectivity index (χ1v) is 8.20. The summed E-state index contributed by atoms with van der Waals surface area (Å²) in [4.78, 5) is 4.45. The maximum Gasteiger partial charge on any atom is 0.0570 e. The van der Waals surface area contributed by atoms with Crippen LogP contribution < -0.4 is 5.32 Å². The molecule has 20 heavy (non-hydrogen) atoms. The topological polar surface area (TPSA) is 24.9 Å². The van der Waals surface area contributed by atoms with Crippen LogP contribution in [0.4, 0.5) is 0 Å². The van der Waals surface area contributed by atoms with Gasteiger partial charge in [-0.1, -0.05) is 33.3 Å². The van der Waals surface area contributed by atoms with Gasteiger partial charge in [0.15, 0.2) is 0 Å². The Bertz CT molecular complexity index is 391. The number of rotatable bonds is 5. The number of aromatic nitrogens is 1. The number of nitrogens with zero attached hydrogens (tertiary/aromatic N) is 1. The minimum absolute atomic E-state index is 0.358. The molecule has 1 aromatic heterocycles. The highest BCUT2D eigenvalue weighted by molar-refractivity contribution is 5.08. The Morgan fingerprint density at radius 2 is 1.95 bits per heavy atom. The zero-order valence-electron chi connectivity index (χ0n) is 13.5. The third-order valence-electron chi connectivity index (χ3n) is 5.36. The maximum absolute atomic E-state index is 4.45. The first-order chi connectivity index (χ1) is 9.53. The Morgan fingerprint density at radius 1 is 1.25 bits per heavy atom. The summed E-state index contributed by atoms with van der Waals surface area (Å²) in [6.07, 6.45) is 8.53. The van der Waals surface area contributed by atoms with Crippen molar-refractivity contribution in [3.63, 3.8) is 0 Å². The van der Waals surface area contributed by atoms with E-state index in [-0.39, 0.29) is 0 Å². The van der Waals surface area contributed by atoms with E-state index >= 15 is 0 Å². The Kier molecular flexibility index (Phi) is 5.20. The first kappa shape index (κ1) is 15.5. The van der Waals surface area contributed by atoms with Gasteiger partial charge in [0.1, 0.15) is 0 Å². The fourth-order valence-corrected chi connectivity index (χ4v) is 3.40. The molecule has 0 radical (unpaired) electrons. The summed E-state index contributed by atoms with van der Waals surface area (Å²) in [6, 6.07) is 7.19. The molecule has 0 aromatic carbocycles. The Balaban J connectivity index is 1.83. The van der Waals surface area contributed by atoms with Crippen LogP contribution in [0.15, 0.2) is 24.4 Å². The summed E-state index contributed by atoms with van der Waals surface area (Å²) in [6.45, 7) is 9.42. The van der Waals surface area contributed by atoms with Gasteiger partial charge in [0.2, 0.25) is 0 Å². The third kappa shape index (κ3) is 3.82. The van der Waals surface area contributed by atoms with Crippen LogP contribution in [0.1, 0.15) is 71.5 Å². The van der Waals surface area contributed by atoms with Crippen LogP contribution in [0.25, 0.3) is 0 Å². The lowest BCUT2D eigenvalue weighted by atomic mass is 9.69. The SMILES string of the molecule is CCC(C)(C)C1CCC(N[C@H](C)c2ccccn2)CC1. The Hall–Kier alpha value is -0.890. The summed E-state index contributed by atoms with van der Waals surface area (Å²) in [5, 5.41) is 3.76. The van der Waals surface area contributed by atoms with Crippen molar-refractivity contribution in [2.45, 2.75) is 71.9 Å². The summed E-state index contributed by atoms with van der Waals surface area (Å²) in [5.74, 6) is 0.899. The highest BCUT2D eigenvalue weighted by atomic mass is 15.0. The van der Waals surface area contributed by atoms with E-state index in [1.54, 1.807) is 0 Å². The number of pyridine rings is 1. The Morgan fingerprint density at radius 3 is 2.50 bits per heavy atom. The van der Waals surface area contributed by atoms with Gasteiger partial charge in [-0.3, -0.25) is 4.98 Å². The largest absolute Gasteiger partial charge is 0.306 e. The second-order valence-corrected chi connectivity index (χ2v) is 7.03. The predicted octanol–water partition coefficient (Wildman–Crippen LogP) is 4.73. The predicted molar refractivity (Wildman–Crippen MR) is 85.6 cm³/mol. The van der Waals surface area contributed by atoms with E-state index in [0.717, 1.165) is 11.6 Å². The van der Waals surface area contributed by atoms with Crippen LogP contribution >= 0.6 is 0 Å². The molecule has 1 N–H and O–H groups in total. The van der Waals surface area contributed by atoms with Gasteiger partial charge in [-0.05, 0) is 56.1 Å². The van der Waals surface area contributed by atoms with Crippen molar-refractivity contribution in [3.8, 4) is 0 Å². The summed E-state index contributed by atoms with van der Waals surface area (Å²) in [7, 11) is 0. The Labute approximate surface area is 124 Å². The third-order valence-corrected chi connectivity index (χ3v) is 5.36. The molecule has 0 spiro atoms. The lowest BCUT2D eigenvalue weighted by molar-refractivity contribution is 0.134. The van der Waals surface area contributed by atoms with Gasteiger partial charge in [0, 0.05) is 18.3 Å². The average molecular weight is 274 g/mol. The van der Waals surface area contributed by atoms with Crippen LogP contribution in [-0.2, 0) is 0 Å². The van der Waals surface area contributed by atoms with Gasteiger partial charge in [-0.2, -0.15) is 0 Å². The van der Waals surface area contributed by atoms with Crippen molar-refractivity contribution < 1.29 is 0 Å². The molecule has 1 atom stereocenters. The molecule has 1 saturated carbocycles. The molecule has 1 heterocycles. The van der Waals surface area contributed by atoms with Crippen LogP contribution in [0.3, 0.4) is 0 Å². The first-order valence-electron chi connectivity index (χ1n) is 8.20. The zero-order valence-corrected chi connectivity index (χ0v) is 13.5. The minimum Gasteiger partial charge on any atom is -0.306 e. The number of nitrogens with one attached hydrogen (secondary N) is 1. The normalized spacial score (nSPS) is 25.4. The number of hydrogen-bond donors (Lipinski definition) is 1. The number of hydrogen-bond acceptors (Lipinski definition) is 2. The second-order valence-electron chi connectivity index (χ2n) is 7.03. The van der Waals surface area contributed by atoms with Crippen LogP contribution in [0, 0.1) is 11.3 Å². The molecule has 0 aliphatic heterocycles. The molecule has 0 bridgehead atoms. The minimum atomic E-state index is 0.358. The van der Waals surface area contributed by atoms with Gasteiger partial charge < -0.3 is 5.32 Å².